The van der Waals surface area contributed by atoms with Crippen molar-refractivity contribution in [2.45, 2.75) is 37.6 Å². The Morgan fingerprint density at radius 1 is 1.17 bits per heavy atom. The number of methoxy groups -OCH3 is 1. The van der Waals surface area contributed by atoms with Crippen LogP contribution in [0.4, 0.5) is 0 Å². The minimum Gasteiger partial charge on any atom is -0.465 e. The number of rotatable bonds is 5. The Hall–Kier alpha value is -1.46. The number of thiocarbonyl (C=S) groups is 1. The van der Waals surface area contributed by atoms with Gasteiger partial charge in [-0.25, -0.2) is 4.79 Å². The summed E-state index contributed by atoms with van der Waals surface area (Å²) >= 11 is 5.53. The number of carbonyl (C=O) groups is 1. The molecule has 1 fully saturated rings. The molecule has 2 rings (SSSR count). The summed E-state index contributed by atoms with van der Waals surface area (Å²) in [4.78, 5) is 13.7. The molecule has 1 saturated carbocycles. The Morgan fingerprint density at radius 3 is 2.26 bits per heavy atom. The van der Waals surface area contributed by atoms with E-state index in [1.54, 1.807) is 12.1 Å². The molecule has 0 bridgehead atoms. The summed E-state index contributed by atoms with van der Waals surface area (Å²) in [5.41, 5.74) is 1.75. The van der Waals surface area contributed by atoms with Crippen LogP contribution < -0.4 is 10.2 Å². The minimum absolute atomic E-state index is 0.272. The van der Waals surface area contributed by atoms with Gasteiger partial charge < -0.3 is 15.0 Å². The number of ether oxygens (including phenoxy) is 1. The monoisotopic (exact) mass is 335 g/mol. The third-order valence-electron chi connectivity index (χ3n) is 5.03. The Labute approximate surface area is 144 Å². The first kappa shape index (κ1) is 17.9. The van der Waals surface area contributed by atoms with Crippen LogP contribution >= 0.6 is 12.2 Å². The van der Waals surface area contributed by atoms with Crippen LogP contribution in [0.15, 0.2) is 24.3 Å². The molecule has 0 radical (unpaired) electrons. The first-order valence-corrected chi connectivity index (χ1v) is 8.66. The highest BCUT2D eigenvalue weighted by Crippen LogP contribution is 2.25. The summed E-state index contributed by atoms with van der Waals surface area (Å²) in [5.74, 6) is -0.326. The van der Waals surface area contributed by atoms with E-state index >= 15 is 0 Å². The number of likely N-dealkylation sites (N-methyl/N-ethyl adjacent to an activating group) is 1. The molecule has 0 unspecified atom stereocenters. The second-order valence-electron chi connectivity index (χ2n) is 6.59. The molecular weight excluding hydrogens is 308 g/mol. The lowest BCUT2D eigenvalue weighted by molar-refractivity contribution is -0.916. The quantitative estimate of drug-likeness (QED) is 0.633. The van der Waals surface area contributed by atoms with Gasteiger partial charge in [0.25, 0.3) is 0 Å². The SMILES string of the molecule is COC(=O)c1ccc(C(=S)NCC2([NH+](C)C)CCCCC2)cc1. The van der Waals surface area contributed by atoms with E-state index in [1.807, 2.05) is 12.1 Å². The number of carbonyl (C=O) groups excluding carboxylic acids is 1. The van der Waals surface area contributed by atoms with Crippen LogP contribution in [0.5, 0.6) is 0 Å². The summed E-state index contributed by atoms with van der Waals surface area (Å²) in [5, 5.41) is 3.45. The fourth-order valence-corrected chi connectivity index (χ4v) is 3.52. The Kier molecular flexibility index (Phi) is 6.13. The van der Waals surface area contributed by atoms with Crippen LogP contribution in [-0.4, -0.2) is 44.2 Å². The van der Waals surface area contributed by atoms with Crippen molar-refractivity contribution in [2.24, 2.45) is 0 Å². The van der Waals surface area contributed by atoms with Gasteiger partial charge in [0, 0.05) is 18.4 Å². The molecule has 2 N–H and O–H groups in total. The van der Waals surface area contributed by atoms with Crippen LogP contribution in [0.2, 0.25) is 0 Å². The maximum atomic E-state index is 11.5. The zero-order chi connectivity index (χ0) is 16.9. The Bertz CT molecular complexity index is 549. The van der Waals surface area contributed by atoms with Crippen molar-refractivity contribution in [2.75, 3.05) is 27.7 Å². The zero-order valence-corrected chi connectivity index (χ0v) is 15.1. The third kappa shape index (κ3) is 4.30. The molecule has 0 atom stereocenters. The number of benzene rings is 1. The molecule has 0 heterocycles. The second-order valence-corrected chi connectivity index (χ2v) is 7.00. The van der Waals surface area contributed by atoms with E-state index in [1.165, 1.54) is 44.1 Å². The van der Waals surface area contributed by atoms with Crippen molar-refractivity contribution in [1.82, 2.24) is 5.32 Å². The van der Waals surface area contributed by atoms with Crippen LogP contribution in [0.25, 0.3) is 0 Å². The van der Waals surface area contributed by atoms with Crippen LogP contribution in [0.1, 0.15) is 48.0 Å². The van der Waals surface area contributed by atoms with Crippen molar-refractivity contribution in [1.29, 1.82) is 0 Å². The summed E-state index contributed by atoms with van der Waals surface area (Å²) in [6.45, 7) is 0.896. The van der Waals surface area contributed by atoms with Gasteiger partial charge in [-0.3, -0.25) is 0 Å². The smallest absolute Gasteiger partial charge is 0.337 e. The maximum absolute atomic E-state index is 11.5. The molecule has 1 aliphatic rings. The largest absolute Gasteiger partial charge is 0.465 e. The fourth-order valence-electron chi connectivity index (χ4n) is 3.31. The van der Waals surface area contributed by atoms with Gasteiger partial charge >= 0.3 is 5.97 Å². The standard InChI is InChI=1S/C18H26N2O2S/c1-20(2)18(11-5-4-6-12-18)13-19-16(23)14-7-9-15(10-8-14)17(21)22-3/h7-10H,4-6,11-13H2,1-3H3,(H,19,23)/p+1. The molecule has 126 valence electrons. The van der Waals surface area contributed by atoms with E-state index < -0.39 is 0 Å². The average molecular weight is 335 g/mol. The van der Waals surface area contributed by atoms with Gasteiger partial charge in [0.15, 0.2) is 0 Å². The first-order chi connectivity index (χ1) is 11.0. The van der Waals surface area contributed by atoms with Crippen molar-refractivity contribution in [3.63, 3.8) is 0 Å². The molecule has 5 heteroatoms. The fraction of sp³-hybridized carbons (Fsp3) is 0.556. The van der Waals surface area contributed by atoms with Crippen molar-refractivity contribution >= 4 is 23.2 Å². The number of nitrogens with one attached hydrogen (secondary N) is 2. The average Bonchev–Trinajstić information content (AvgIpc) is 2.59. The van der Waals surface area contributed by atoms with E-state index in [2.05, 4.69) is 19.4 Å². The maximum Gasteiger partial charge on any atom is 0.337 e. The minimum atomic E-state index is -0.326. The Balaban J connectivity index is 1.99. The van der Waals surface area contributed by atoms with E-state index in [-0.39, 0.29) is 11.5 Å². The van der Waals surface area contributed by atoms with Gasteiger partial charge in [0.1, 0.15) is 10.5 Å². The molecular formula is C18H27N2O2S+. The normalized spacial score (nSPS) is 16.9. The van der Waals surface area contributed by atoms with Crippen LogP contribution in [-0.2, 0) is 4.74 Å². The van der Waals surface area contributed by atoms with Crippen molar-refractivity contribution in [3.05, 3.63) is 35.4 Å². The lowest BCUT2D eigenvalue weighted by atomic mass is 9.80. The van der Waals surface area contributed by atoms with Crippen LogP contribution in [0.3, 0.4) is 0 Å². The third-order valence-corrected chi connectivity index (χ3v) is 5.41. The zero-order valence-electron chi connectivity index (χ0n) is 14.3. The van der Waals surface area contributed by atoms with Gasteiger partial charge in [-0.1, -0.05) is 30.8 Å². The molecule has 1 aliphatic carbocycles. The highest BCUT2D eigenvalue weighted by atomic mass is 32.1. The van der Waals surface area contributed by atoms with E-state index in [0.29, 0.717) is 5.56 Å². The summed E-state index contributed by atoms with van der Waals surface area (Å²) < 4.78 is 4.71. The Morgan fingerprint density at radius 2 is 1.74 bits per heavy atom. The second kappa shape index (κ2) is 7.88. The number of hydrogen-bond donors (Lipinski definition) is 2. The van der Waals surface area contributed by atoms with E-state index in [0.717, 1.165) is 17.1 Å². The highest BCUT2D eigenvalue weighted by molar-refractivity contribution is 7.80. The van der Waals surface area contributed by atoms with Gasteiger partial charge in [-0.2, -0.15) is 0 Å². The molecule has 1 aromatic rings. The van der Waals surface area contributed by atoms with E-state index in [9.17, 15) is 4.79 Å². The van der Waals surface area contributed by atoms with Crippen molar-refractivity contribution < 1.29 is 14.4 Å². The number of hydrogen-bond acceptors (Lipinski definition) is 3. The highest BCUT2D eigenvalue weighted by Gasteiger charge is 2.37. The number of esters is 1. The predicted octanol–water partition coefficient (Wildman–Crippen LogP) is 1.59. The van der Waals surface area contributed by atoms with Gasteiger partial charge in [0.05, 0.1) is 33.3 Å². The lowest BCUT2D eigenvalue weighted by Crippen LogP contribution is -3.16. The molecule has 0 amide bonds. The summed E-state index contributed by atoms with van der Waals surface area (Å²) in [6, 6.07) is 7.25. The summed E-state index contributed by atoms with van der Waals surface area (Å²) in [6.07, 6.45) is 6.42. The lowest BCUT2D eigenvalue weighted by Gasteiger charge is -2.40. The predicted molar refractivity (Wildman–Crippen MR) is 96.1 cm³/mol. The van der Waals surface area contributed by atoms with E-state index in [4.69, 9.17) is 17.0 Å². The molecule has 0 saturated heterocycles. The molecule has 1 aromatic carbocycles. The summed E-state index contributed by atoms with van der Waals surface area (Å²) in [7, 11) is 5.86. The van der Waals surface area contributed by atoms with Gasteiger partial charge in [-0.15, -0.1) is 0 Å². The van der Waals surface area contributed by atoms with Gasteiger partial charge in [-0.05, 0) is 25.0 Å². The molecule has 23 heavy (non-hydrogen) atoms. The molecule has 0 aromatic heterocycles. The molecule has 4 nitrogen and oxygen atoms in total. The van der Waals surface area contributed by atoms with Crippen LogP contribution in [0, 0.1) is 0 Å². The first-order valence-electron chi connectivity index (χ1n) is 8.26. The van der Waals surface area contributed by atoms with Gasteiger partial charge in [0.2, 0.25) is 0 Å². The van der Waals surface area contributed by atoms with Crippen molar-refractivity contribution in [3.8, 4) is 0 Å². The number of quaternary nitrogens is 1. The topological polar surface area (TPSA) is 42.8 Å². The molecule has 0 aliphatic heterocycles. The molecule has 0 spiro atoms.